The van der Waals surface area contributed by atoms with Crippen LogP contribution in [-0.4, -0.2) is 15.2 Å². The van der Waals surface area contributed by atoms with Crippen LogP contribution in [0.3, 0.4) is 0 Å². The maximum absolute atomic E-state index is 6.66. The van der Waals surface area contributed by atoms with Gasteiger partial charge in [-0.3, -0.25) is 0 Å². The van der Waals surface area contributed by atoms with E-state index in [0.717, 1.165) is 33.5 Å². The summed E-state index contributed by atoms with van der Waals surface area (Å²) in [5.41, 5.74) is 5.08. The number of aromatic nitrogens is 4. The number of fused-ring (bicyclic) bond motifs is 3. The summed E-state index contributed by atoms with van der Waals surface area (Å²) in [6.45, 7) is 8.82. The van der Waals surface area contributed by atoms with Crippen molar-refractivity contribution in [1.82, 2.24) is 20.2 Å². The van der Waals surface area contributed by atoms with Gasteiger partial charge in [0.2, 0.25) is 0 Å². The van der Waals surface area contributed by atoms with Gasteiger partial charge in [0, 0.05) is 28.5 Å². The van der Waals surface area contributed by atoms with E-state index in [1.54, 1.807) is 18.6 Å². The zero-order valence-electron chi connectivity index (χ0n) is 25.5. The number of nitrogens with zero attached hydrogens (tertiary/aromatic N) is 4. The zero-order valence-corrected chi connectivity index (χ0v) is 27.4. The van der Waals surface area contributed by atoms with Crippen molar-refractivity contribution < 1.29 is 21.8 Å². The number of hydrogen-bond acceptors (Lipinski definition) is 4. The quantitative estimate of drug-likeness (QED) is 0.111. The summed E-state index contributed by atoms with van der Waals surface area (Å²) < 4.78 is 6.66. The third-order valence-corrected chi connectivity index (χ3v) is 11.1. The Labute approximate surface area is 281 Å². The van der Waals surface area contributed by atoms with Crippen molar-refractivity contribution >= 4 is 34.7 Å². The van der Waals surface area contributed by atoms with Crippen LogP contribution in [0.2, 0.25) is 0 Å². The van der Waals surface area contributed by atoms with E-state index < -0.39 is 7.92 Å². The maximum Gasteiger partial charge on any atom is 2.00 e. The second-order valence-electron chi connectivity index (χ2n) is 11.5. The van der Waals surface area contributed by atoms with Crippen LogP contribution in [0, 0.1) is 6.92 Å². The number of rotatable bonds is 4. The fourth-order valence-electron chi connectivity index (χ4n) is 6.05. The van der Waals surface area contributed by atoms with Gasteiger partial charge in [-0.25, -0.2) is 4.98 Å². The molecule has 8 rings (SSSR count). The van der Waals surface area contributed by atoms with Crippen molar-refractivity contribution in [3.05, 3.63) is 164 Å². The molecule has 2 aromatic heterocycles. The van der Waals surface area contributed by atoms with E-state index in [0.29, 0.717) is 5.82 Å². The normalized spacial score (nSPS) is 12.6. The Bertz CT molecular complexity index is 2040. The van der Waals surface area contributed by atoms with Gasteiger partial charge in [-0.15, -0.1) is 16.7 Å². The van der Waals surface area contributed by atoms with Crippen molar-refractivity contribution in [2.75, 3.05) is 0 Å². The molecule has 7 aromatic rings. The summed E-state index contributed by atoms with van der Waals surface area (Å²) in [4.78, 5) is 8.45. The second kappa shape index (κ2) is 13.3. The topological polar surface area (TPSA) is 62.0 Å². The Hall–Kier alpha value is -4.73. The van der Waals surface area contributed by atoms with E-state index in [-0.39, 0.29) is 22.5 Å². The average Bonchev–Trinajstić information content (AvgIpc) is 3.57. The van der Waals surface area contributed by atoms with Gasteiger partial charge in [-0.2, -0.15) is 29.8 Å². The number of para-hydroxylation sites is 3. The van der Waals surface area contributed by atoms with Gasteiger partial charge >= 0.3 is 17.1 Å². The van der Waals surface area contributed by atoms with E-state index in [4.69, 9.17) is 4.74 Å². The molecule has 0 amide bonds. The van der Waals surface area contributed by atoms with Crippen LogP contribution in [0.25, 0.3) is 22.3 Å². The second-order valence-corrected chi connectivity index (χ2v) is 13.9. The molecular formula is C39H32CuN4OP+. The molecule has 0 fully saturated rings. The minimum absolute atomic E-state index is 0. The molecule has 3 heterocycles. The predicted molar refractivity (Wildman–Crippen MR) is 186 cm³/mol. The Kier molecular flexibility index (Phi) is 9.05. The van der Waals surface area contributed by atoms with Crippen LogP contribution >= 0.6 is 7.92 Å². The van der Waals surface area contributed by atoms with E-state index in [2.05, 4.69) is 132 Å². The third-order valence-electron chi connectivity index (χ3n) is 8.31. The summed E-state index contributed by atoms with van der Waals surface area (Å²) in [6, 6.07) is 42.5. The molecule has 0 saturated carbocycles. The summed E-state index contributed by atoms with van der Waals surface area (Å²) >= 11 is 0. The van der Waals surface area contributed by atoms with Crippen LogP contribution in [0.1, 0.15) is 30.5 Å². The molecule has 0 atom stereocenters. The summed E-state index contributed by atoms with van der Waals surface area (Å²) in [7, 11) is -1.23. The number of ether oxygens (including phenoxy) is 1. The smallest absolute Gasteiger partial charge is 0.663 e. The first-order valence-electron chi connectivity index (χ1n) is 14.9. The summed E-state index contributed by atoms with van der Waals surface area (Å²) in [6.07, 6.45) is 4.97. The predicted octanol–water partition coefficient (Wildman–Crippen LogP) is 7.44. The summed E-state index contributed by atoms with van der Waals surface area (Å²) in [5.74, 6) is 2.53. The van der Waals surface area contributed by atoms with E-state index in [1.807, 2.05) is 30.3 Å². The molecule has 1 aliphatic rings. The van der Waals surface area contributed by atoms with Gasteiger partial charge in [-0.1, -0.05) is 98.3 Å². The number of benzene rings is 5. The van der Waals surface area contributed by atoms with Crippen LogP contribution in [-0.2, 0) is 22.5 Å². The van der Waals surface area contributed by atoms with Gasteiger partial charge in [0.25, 0.3) is 0 Å². The Morgan fingerprint density at radius 1 is 0.696 bits per heavy atom. The fourth-order valence-corrected chi connectivity index (χ4v) is 8.73. The van der Waals surface area contributed by atoms with Crippen molar-refractivity contribution in [1.29, 1.82) is 0 Å². The van der Waals surface area contributed by atoms with E-state index in [9.17, 15) is 0 Å². The molecule has 7 heteroatoms. The average molecular weight is 667 g/mol. The third kappa shape index (κ3) is 5.84. The molecule has 5 aromatic carbocycles. The number of hydrogen-bond donors (Lipinski definition) is 0. The Morgan fingerprint density at radius 2 is 1.35 bits per heavy atom. The van der Waals surface area contributed by atoms with E-state index >= 15 is 0 Å². The molecule has 229 valence electrons. The molecule has 0 bridgehead atoms. The van der Waals surface area contributed by atoms with Crippen molar-refractivity contribution in [3.8, 4) is 22.9 Å². The molecule has 0 saturated heterocycles. The first-order valence-corrected chi connectivity index (χ1v) is 16.4. The van der Waals surface area contributed by atoms with Gasteiger partial charge in [-0.05, 0) is 35.7 Å². The maximum atomic E-state index is 6.66. The molecule has 0 aliphatic carbocycles. The largest absolute Gasteiger partial charge is 2.00 e. The molecular weight excluding hydrogens is 635 g/mol. The van der Waals surface area contributed by atoms with E-state index in [1.165, 1.54) is 27.0 Å². The first kappa shape index (κ1) is 31.3. The summed E-state index contributed by atoms with van der Waals surface area (Å²) in [5, 5.41) is 12.9. The van der Waals surface area contributed by atoms with Crippen LogP contribution in [0.5, 0.6) is 11.5 Å². The standard InChI is InChI=1S/C28H24OP.C11H7N4.Cu/c1-20-12-10-17-23-26(20)29-27-24(28(23,2)3)18-11-19-25(27)30(21-13-6-4-7-14-21)22-15-8-5-9-16-22;1-2-8-4-5-12-10(8)9(3-1)11-13-6-7-14-15-11;/h4-19H,1H2,2-3H3;1-7H;/q2*-1;+2/p+1. The molecule has 1 radical (unpaired) electrons. The van der Waals surface area contributed by atoms with Crippen LogP contribution < -0.4 is 25.6 Å². The minimum atomic E-state index is -1.23. The van der Waals surface area contributed by atoms with Gasteiger partial charge in [0.15, 0.2) is 11.6 Å². The van der Waals surface area contributed by atoms with Crippen LogP contribution in [0.4, 0.5) is 0 Å². The molecule has 0 N–H and O–H groups in total. The van der Waals surface area contributed by atoms with Crippen molar-refractivity contribution in [2.24, 2.45) is 0 Å². The molecule has 46 heavy (non-hydrogen) atoms. The SMILES string of the molecule is [CH2-]c1cccc2c1Oc1c([PH+](c3ccccc3)c3ccccc3)cccc1C2(C)C.[Cu+2].c1cc(-c2nccnn2)c2[n-]ccc2c1. The van der Waals surface area contributed by atoms with Gasteiger partial charge in [0.1, 0.15) is 23.8 Å². The molecule has 0 spiro atoms. The van der Waals surface area contributed by atoms with Gasteiger partial charge in [0.05, 0.1) is 6.20 Å². The first-order chi connectivity index (χ1) is 22.0. The van der Waals surface area contributed by atoms with Crippen LogP contribution in [0.15, 0.2) is 140 Å². The zero-order chi connectivity index (χ0) is 30.8. The molecule has 1 aliphatic heterocycles. The Morgan fingerprint density at radius 3 is 2.02 bits per heavy atom. The van der Waals surface area contributed by atoms with Crippen molar-refractivity contribution in [3.63, 3.8) is 0 Å². The Balaban J connectivity index is 0.000000195. The monoisotopic (exact) mass is 666 g/mol. The molecule has 0 unspecified atom stereocenters. The minimum Gasteiger partial charge on any atom is -0.663 e. The molecule has 5 nitrogen and oxygen atoms in total. The van der Waals surface area contributed by atoms with Gasteiger partial charge < -0.3 is 9.72 Å². The van der Waals surface area contributed by atoms with Crippen molar-refractivity contribution in [2.45, 2.75) is 19.3 Å². The fraction of sp³-hybridized carbons (Fsp3) is 0.0769.